The van der Waals surface area contributed by atoms with Gasteiger partial charge in [-0.3, -0.25) is 0 Å². The molecule has 1 aliphatic heterocycles. The van der Waals surface area contributed by atoms with E-state index in [4.69, 9.17) is 4.99 Å². The molecule has 0 amide bonds. The topological polar surface area (TPSA) is 67.1 Å². The first-order valence-electron chi connectivity index (χ1n) is 9.48. The molecule has 0 atom stereocenters. The molecule has 2 N–H and O–H groups in total. The lowest BCUT2D eigenvalue weighted by atomic mass is 10.2. The molecular formula is C19H29IN6S. The molecule has 0 unspecified atom stereocenters. The fraction of sp³-hybridized carbons (Fsp3) is 0.526. The quantitative estimate of drug-likeness (QED) is 0.200. The van der Waals surface area contributed by atoms with E-state index in [1.807, 2.05) is 17.8 Å². The summed E-state index contributed by atoms with van der Waals surface area (Å²) in [5, 5.41) is 15.4. The summed E-state index contributed by atoms with van der Waals surface area (Å²) in [6, 6.07) is 10.5. The molecule has 0 fully saturated rings. The van der Waals surface area contributed by atoms with E-state index in [0.29, 0.717) is 6.54 Å². The SMILES string of the molecule is CCNC(=NCc1nnc2n1CCCCC2)NCCSc1ccccc1.I. The third kappa shape index (κ3) is 6.99. The molecule has 1 aromatic carbocycles. The highest BCUT2D eigenvalue weighted by molar-refractivity contribution is 14.0. The monoisotopic (exact) mass is 500 g/mol. The first kappa shape index (κ1) is 22.0. The van der Waals surface area contributed by atoms with Crippen LogP contribution in [0.4, 0.5) is 0 Å². The summed E-state index contributed by atoms with van der Waals surface area (Å²) in [7, 11) is 0. The number of nitrogens with zero attached hydrogens (tertiary/aromatic N) is 4. The van der Waals surface area contributed by atoms with Gasteiger partial charge in [-0.1, -0.05) is 24.6 Å². The Hall–Kier alpha value is -1.29. The number of aryl methyl sites for hydroxylation is 1. The second-order valence-corrected chi connectivity index (χ2v) is 7.45. The maximum Gasteiger partial charge on any atom is 0.191 e. The van der Waals surface area contributed by atoms with Gasteiger partial charge in [-0.25, -0.2) is 4.99 Å². The van der Waals surface area contributed by atoms with E-state index in [0.717, 1.165) is 49.4 Å². The first-order chi connectivity index (χ1) is 12.9. The van der Waals surface area contributed by atoms with Gasteiger partial charge >= 0.3 is 0 Å². The number of nitrogens with one attached hydrogen (secondary N) is 2. The number of aromatic nitrogens is 3. The van der Waals surface area contributed by atoms with E-state index in [2.05, 4.69) is 56.6 Å². The molecule has 0 aliphatic carbocycles. The summed E-state index contributed by atoms with van der Waals surface area (Å²) in [6.07, 6.45) is 4.72. The van der Waals surface area contributed by atoms with Gasteiger partial charge in [-0.15, -0.1) is 45.9 Å². The fourth-order valence-electron chi connectivity index (χ4n) is 3.01. The molecule has 8 heteroatoms. The van der Waals surface area contributed by atoms with E-state index < -0.39 is 0 Å². The highest BCUT2D eigenvalue weighted by Crippen LogP contribution is 2.16. The van der Waals surface area contributed by atoms with Crippen molar-refractivity contribution in [3.63, 3.8) is 0 Å². The molecule has 0 saturated carbocycles. The number of aliphatic imine (C=N–C) groups is 1. The Balaban J connectivity index is 0.00000261. The lowest BCUT2D eigenvalue weighted by Crippen LogP contribution is -2.38. The maximum absolute atomic E-state index is 4.70. The number of benzene rings is 1. The molecular weight excluding hydrogens is 471 g/mol. The summed E-state index contributed by atoms with van der Waals surface area (Å²) in [5.74, 6) is 3.92. The molecule has 1 aromatic heterocycles. The van der Waals surface area contributed by atoms with Crippen molar-refractivity contribution in [2.45, 2.75) is 50.6 Å². The molecule has 27 heavy (non-hydrogen) atoms. The Morgan fingerprint density at radius 3 is 2.81 bits per heavy atom. The Morgan fingerprint density at radius 1 is 1.15 bits per heavy atom. The molecule has 0 bridgehead atoms. The Bertz CT molecular complexity index is 703. The highest BCUT2D eigenvalue weighted by Gasteiger charge is 2.14. The van der Waals surface area contributed by atoms with Crippen molar-refractivity contribution in [3.8, 4) is 0 Å². The van der Waals surface area contributed by atoms with Gasteiger partial charge in [0.15, 0.2) is 11.8 Å². The number of thioether (sulfide) groups is 1. The van der Waals surface area contributed by atoms with Crippen LogP contribution < -0.4 is 10.6 Å². The first-order valence-corrected chi connectivity index (χ1v) is 10.5. The summed E-state index contributed by atoms with van der Waals surface area (Å²) in [4.78, 5) is 5.99. The van der Waals surface area contributed by atoms with Crippen LogP contribution in [0.1, 0.15) is 37.8 Å². The predicted octanol–water partition coefficient (Wildman–Crippen LogP) is 3.47. The number of rotatable bonds is 7. The van der Waals surface area contributed by atoms with Crippen LogP contribution in [0.25, 0.3) is 0 Å². The third-order valence-corrected chi connectivity index (χ3v) is 5.33. The molecule has 1 aliphatic rings. The minimum absolute atomic E-state index is 0. The van der Waals surface area contributed by atoms with Gasteiger partial charge in [0, 0.05) is 36.7 Å². The lowest BCUT2D eigenvalue weighted by Gasteiger charge is -2.11. The van der Waals surface area contributed by atoms with E-state index in [1.54, 1.807) is 0 Å². The Labute approximate surface area is 183 Å². The minimum atomic E-state index is 0. The van der Waals surface area contributed by atoms with Gasteiger partial charge in [0.25, 0.3) is 0 Å². The zero-order chi connectivity index (χ0) is 18.0. The third-order valence-electron chi connectivity index (χ3n) is 4.32. The molecule has 2 heterocycles. The normalized spacial score (nSPS) is 14.0. The number of hydrogen-bond acceptors (Lipinski definition) is 4. The maximum atomic E-state index is 4.70. The van der Waals surface area contributed by atoms with Crippen molar-refractivity contribution >= 4 is 41.7 Å². The summed E-state index contributed by atoms with van der Waals surface area (Å²) in [5.41, 5.74) is 0. The highest BCUT2D eigenvalue weighted by atomic mass is 127. The van der Waals surface area contributed by atoms with Crippen molar-refractivity contribution in [1.82, 2.24) is 25.4 Å². The standard InChI is InChI=1S/C19H28N6S.HI/c1-2-20-19(21-12-14-26-16-9-5-3-6-10-16)22-15-18-24-23-17-11-7-4-8-13-25(17)18;/h3,5-6,9-10H,2,4,7-8,11-15H2,1H3,(H2,20,21,22);1H. The second-order valence-electron chi connectivity index (χ2n) is 6.28. The largest absolute Gasteiger partial charge is 0.357 e. The van der Waals surface area contributed by atoms with Crippen LogP contribution in [0.3, 0.4) is 0 Å². The van der Waals surface area contributed by atoms with Crippen LogP contribution in [-0.4, -0.2) is 39.6 Å². The van der Waals surface area contributed by atoms with Crippen molar-refractivity contribution < 1.29 is 0 Å². The van der Waals surface area contributed by atoms with Crippen molar-refractivity contribution in [2.75, 3.05) is 18.8 Å². The molecule has 6 nitrogen and oxygen atoms in total. The lowest BCUT2D eigenvalue weighted by molar-refractivity contribution is 0.605. The smallest absolute Gasteiger partial charge is 0.191 e. The second kappa shape index (κ2) is 12.2. The number of fused-ring (bicyclic) bond motifs is 1. The molecule has 0 radical (unpaired) electrons. The summed E-state index contributed by atoms with van der Waals surface area (Å²) >= 11 is 1.85. The van der Waals surface area contributed by atoms with Crippen LogP contribution in [0, 0.1) is 0 Å². The molecule has 3 rings (SSSR count). The summed E-state index contributed by atoms with van der Waals surface area (Å²) in [6.45, 7) is 5.37. The van der Waals surface area contributed by atoms with Crippen LogP contribution in [0.5, 0.6) is 0 Å². The zero-order valence-electron chi connectivity index (χ0n) is 15.9. The fourth-order valence-corrected chi connectivity index (χ4v) is 3.80. The van der Waals surface area contributed by atoms with Gasteiger partial charge in [-0.2, -0.15) is 0 Å². The van der Waals surface area contributed by atoms with Gasteiger partial charge < -0.3 is 15.2 Å². The molecule has 148 valence electrons. The van der Waals surface area contributed by atoms with Gasteiger partial charge in [0.2, 0.25) is 0 Å². The van der Waals surface area contributed by atoms with Crippen molar-refractivity contribution in [2.24, 2.45) is 4.99 Å². The molecule has 0 saturated heterocycles. The number of halogens is 1. The Kier molecular flexibility index (Phi) is 9.96. The predicted molar refractivity (Wildman–Crippen MR) is 123 cm³/mol. The molecule has 2 aromatic rings. The van der Waals surface area contributed by atoms with E-state index in [9.17, 15) is 0 Å². The summed E-state index contributed by atoms with van der Waals surface area (Å²) < 4.78 is 2.26. The van der Waals surface area contributed by atoms with E-state index in [-0.39, 0.29) is 24.0 Å². The number of guanidine groups is 1. The zero-order valence-corrected chi connectivity index (χ0v) is 19.0. The van der Waals surface area contributed by atoms with Gasteiger partial charge in [0.05, 0.1) is 0 Å². The van der Waals surface area contributed by atoms with Crippen LogP contribution in [0.15, 0.2) is 40.2 Å². The molecule has 0 spiro atoms. The Morgan fingerprint density at radius 2 is 2.00 bits per heavy atom. The number of hydrogen-bond donors (Lipinski definition) is 2. The van der Waals surface area contributed by atoms with Crippen LogP contribution >= 0.6 is 35.7 Å². The van der Waals surface area contributed by atoms with Crippen molar-refractivity contribution in [1.29, 1.82) is 0 Å². The van der Waals surface area contributed by atoms with Crippen LogP contribution in [-0.2, 0) is 19.5 Å². The average Bonchev–Trinajstić information content (AvgIpc) is 2.90. The minimum Gasteiger partial charge on any atom is -0.357 e. The van der Waals surface area contributed by atoms with Gasteiger partial charge in [-0.05, 0) is 31.9 Å². The van der Waals surface area contributed by atoms with Gasteiger partial charge in [0.1, 0.15) is 12.4 Å². The van der Waals surface area contributed by atoms with Crippen molar-refractivity contribution in [3.05, 3.63) is 42.0 Å². The average molecular weight is 500 g/mol. The van der Waals surface area contributed by atoms with Crippen LogP contribution in [0.2, 0.25) is 0 Å². The van der Waals surface area contributed by atoms with E-state index in [1.165, 1.54) is 24.2 Å². The van der Waals surface area contributed by atoms with E-state index >= 15 is 0 Å².